The van der Waals surface area contributed by atoms with Gasteiger partial charge in [0, 0.05) is 13.1 Å². The van der Waals surface area contributed by atoms with E-state index in [0.717, 1.165) is 18.4 Å². The second-order valence-corrected chi connectivity index (χ2v) is 9.22. The van der Waals surface area contributed by atoms with Gasteiger partial charge in [0.05, 0.1) is 30.7 Å². The Kier molecular flexibility index (Phi) is 6.59. The molecule has 1 aliphatic carbocycles. The number of benzene rings is 2. The molecule has 1 aromatic heterocycles. The lowest BCUT2D eigenvalue weighted by atomic mass is 10.0. The molecule has 1 atom stereocenters. The second kappa shape index (κ2) is 9.93. The van der Waals surface area contributed by atoms with Crippen molar-refractivity contribution in [2.45, 2.75) is 24.0 Å². The second-order valence-electron chi connectivity index (χ2n) is 8.28. The Morgan fingerprint density at radius 3 is 2.64 bits per heavy atom. The van der Waals surface area contributed by atoms with Gasteiger partial charge in [-0.1, -0.05) is 48.2 Å². The maximum absolute atomic E-state index is 14.0. The van der Waals surface area contributed by atoms with Gasteiger partial charge < -0.3 is 15.0 Å². The molecule has 7 nitrogen and oxygen atoms in total. The van der Waals surface area contributed by atoms with E-state index in [4.69, 9.17) is 4.74 Å². The van der Waals surface area contributed by atoms with E-state index < -0.39 is 0 Å². The van der Waals surface area contributed by atoms with Crippen LogP contribution >= 0.6 is 11.8 Å². The van der Waals surface area contributed by atoms with Gasteiger partial charge in [0.15, 0.2) is 5.16 Å². The molecule has 9 heteroatoms. The van der Waals surface area contributed by atoms with Crippen molar-refractivity contribution in [3.05, 3.63) is 66.0 Å². The highest BCUT2D eigenvalue weighted by Crippen LogP contribution is 2.41. The van der Waals surface area contributed by atoms with Crippen LogP contribution in [0, 0.1) is 11.7 Å². The van der Waals surface area contributed by atoms with Crippen molar-refractivity contribution >= 4 is 23.6 Å². The van der Waals surface area contributed by atoms with Gasteiger partial charge in [-0.05, 0) is 42.5 Å². The first-order valence-electron chi connectivity index (χ1n) is 11.2. The van der Waals surface area contributed by atoms with Gasteiger partial charge in [-0.25, -0.2) is 4.39 Å². The first kappa shape index (κ1) is 21.9. The maximum atomic E-state index is 14.0. The van der Waals surface area contributed by atoms with Crippen molar-refractivity contribution in [1.82, 2.24) is 20.1 Å². The lowest BCUT2D eigenvalue weighted by Crippen LogP contribution is -2.38. The summed E-state index contributed by atoms with van der Waals surface area (Å²) in [5.41, 5.74) is 1.76. The number of carbonyl (C=O) groups excluding carboxylic acids is 1. The molecular weight excluding hydrogens is 441 g/mol. The number of nitrogens with zero attached hydrogens (tertiary/aromatic N) is 4. The number of amides is 1. The summed E-state index contributed by atoms with van der Waals surface area (Å²) in [6, 6.07) is 16.5. The van der Waals surface area contributed by atoms with E-state index in [1.54, 1.807) is 6.07 Å². The molecule has 1 saturated carbocycles. The Hall–Kier alpha value is -2.91. The SMILES string of the molecule is O=C(CSc1nnc(N2CCOCC2)n1-c1cccc(F)c1)NC(c1ccccc1)C1CC1. The van der Waals surface area contributed by atoms with Crippen LogP contribution in [0.3, 0.4) is 0 Å². The lowest BCUT2D eigenvalue weighted by molar-refractivity contribution is -0.119. The van der Waals surface area contributed by atoms with Crippen molar-refractivity contribution in [3.63, 3.8) is 0 Å². The van der Waals surface area contributed by atoms with Crippen molar-refractivity contribution in [1.29, 1.82) is 0 Å². The van der Waals surface area contributed by atoms with Gasteiger partial charge in [-0.3, -0.25) is 9.36 Å². The molecule has 172 valence electrons. The topological polar surface area (TPSA) is 72.3 Å². The van der Waals surface area contributed by atoms with E-state index in [9.17, 15) is 9.18 Å². The number of ether oxygens (including phenoxy) is 1. The maximum Gasteiger partial charge on any atom is 0.232 e. The summed E-state index contributed by atoms with van der Waals surface area (Å²) in [4.78, 5) is 14.9. The fraction of sp³-hybridized carbons (Fsp3) is 0.375. The zero-order valence-electron chi connectivity index (χ0n) is 18.2. The highest BCUT2D eigenvalue weighted by molar-refractivity contribution is 7.99. The van der Waals surface area contributed by atoms with Crippen molar-refractivity contribution < 1.29 is 13.9 Å². The number of morpholine rings is 1. The minimum Gasteiger partial charge on any atom is -0.378 e. The van der Waals surface area contributed by atoms with E-state index in [1.165, 1.54) is 23.9 Å². The van der Waals surface area contributed by atoms with Gasteiger partial charge in [0.2, 0.25) is 11.9 Å². The smallest absolute Gasteiger partial charge is 0.232 e. The van der Waals surface area contributed by atoms with Gasteiger partial charge >= 0.3 is 0 Å². The largest absolute Gasteiger partial charge is 0.378 e. The molecule has 33 heavy (non-hydrogen) atoms. The van der Waals surface area contributed by atoms with Crippen LogP contribution in [0.15, 0.2) is 59.8 Å². The Bertz CT molecular complexity index is 1100. The predicted molar refractivity (Wildman–Crippen MR) is 125 cm³/mol. The number of thioether (sulfide) groups is 1. The molecule has 0 spiro atoms. The summed E-state index contributed by atoms with van der Waals surface area (Å²) >= 11 is 1.31. The number of nitrogens with one attached hydrogen (secondary N) is 1. The molecule has 1 amide bonds. The zero-order valence-corrected chi connectivity index (χ0v) is 19.0. The minimum atomic E-state index is -0.335. The Morgan fingerprint density at radius 1 is 1.12 bits per heavy atom. The molecule has 1 N–H and O–H groups in total. The molecule has 1 saturated heterocycles. The van der Waals surface area contributed by atoms with Gasteiger partial charge in [0.1, 0.15) is 5.82 Å². The van der Waals surface area contributed by atoms with E-state index in [2.05, 4.69) is 32.5 Å². The van der Waals surface area contributed by atoms with Crippen LogP contribution in [0.1, 0.15) is 24.4 Å². The number of carbonyl (C=O) groups is 1. The van der Waals surface area contributed by atoms with E-state index in [0.29, 0.717) is 49.0 Å². The van der Waals surface area contributed by atoms with E-state index in [-0.39, 0.29) is 23.5 Å². The summed E-state index contributed by atoms with van der Waals surface area (Å²) in [6.07, 6.45) is 2.26. The monoisotopic (exact) mass is 467 g/mol. The summed E-state index contributed by atoms with van der Waals surface area (Å²) < 4.78 is 21.3. The summed E-state index contributed by atoms with van der Waals surface area (Å²) in [5.74, 6) is 0.935. The summed E-state index contributed by atoms with van der Waals surface area (Å²) in [7, 11) is 0. The third kappa shape index (κ3) is 5.20. The summed E-state index contributed by atoms with van der Waals surface area (Å²) in [5, 5.41) is 12.5. The third-order valence-electron chi connectivity index (χ3n) is 5.88. The van der Waals surface area contributed by atoms with Crippen LogP contribution in [-0.2, 0) is 9.53 Å². The fourth-order valence-electron chi connectivity index (χ4n) is 4.07. The average Bonchev–Trinajstić information content (AvgIpc) is 3.60. The van der Waals surface area contributed by atoms with Crippen LogP contribution in [0.4, 0.5) is 10.3 Å². The van der Waals surface area contributed by atoms with Gasteiger partial charge in [-0.2, -0.15) is 0 Å². The van der Waals surface area contributed by atoms with Crippen LogP contribution in [0.25, 0.3) is 5.69 Å². The number of rotatable bonds is 8. The number of hydrogen-bond acceptors (Lipinski definition) is 6. The van der Waals surface area contributed by atoms with E-state index >= 15 is 0 Å². The average molecular weight is 468 g/mol. The molecule has 1 unspecified atom stereocenters. The molecule has 2 aromatic carbocycles. The Balaban J connectivity index is 1.33. The van der Waals surface area contributed by atoms with E-state index in [1.807, 2.05) is 28.8 Å². The number of aromatic nitrogens is 3. The van der Waals surface area contributed by atoms with Crippen LogP contribution in [0.5, 0.6) is 0 Å². The van der Waals surface area contributed by atoms with Gasteiger partial charge in [0.25, 0.3) is 0 Å². The predicted octanol–water partition coefficient (Wildman–Crippen LogP) is 3.60. The van der Waals surface area contributed by atoms with Crippen LogP contribution < -0.4 is 10.2 Å². The fourth-order valence-corrected chi connectivity index (χ4v) is 4.83. The quantitative estimate of drug-likeness (QED) is 0.511. The first-order chi connectivity index (χ1) is 16.2. The van der Waals surface area contributed by atoms with Crippen LogP contribution in [0.2, 0.25) is 0 Å². The van der Waals surface area contributed by atoms with Crippen molar-refractivity contribution in [2.75, 3.05) is 37.0 Å². The highest BCUT2D eigenvalue weighted by atomic mass is 32.2. The first-order valence-corrected chi connectivity index (χ1v) is 12.2. The molecule has 2 aliphatic rings. The zero-order chi connectivity index (χ0) is 22.6. The van der Waals surface area contributed by atoms with Crippen molar-refractivity contribution in [3.8, 4) is 5.69 Å². The van der Waals surface area contributed by atoms with Crippen molar-refractivity contribution in [2.24, 2.45) is 5.92 Å². The molecule has 2 heterocycles. The number of halogens is 1. The molecule has 5 rings (SSSR count). The molecule has 0 radical (unpaired) electrons. The van der Waals surface area contributed by atoms with Crippen LogP contribution in [-0.4, -0.2) is 52.7 Å². The molecule has 0 bridgehead atoms. The molecule has 3 aromatic rings. The normalized spacial score (nSPS) is 17.1. The molecular formula is C24H26FN5O2S. The lowest BCUT2D eigenvalue weighted by Gasteiger charge is -2.27. The Morgan fingerprint density at radius 2 is 1.91 bits per heavy atom. The number of anilines is 1. The summed E-state index contributed by atoms with van der Waals surface area (Å²) in [6.45, 7) is 2.56. The minimum absolute atomic E-state index is 0.0318. The molecule has 1 aliphatic heterocycles. The standard InChI is InChI=1S/C24H26FN5O2S/c25-19-7-4-8-20(15-19)30-23(29-11-13-32-14-12-29)27-28-24(30)33-16-21(31)26-22(18-9-10-18)17-5-2-1-3-6-17/h1-8,15,18,22H,9-14,16H2,(H,26,31). The number of hydrogen-bond donors (Lipinski definition) is 1. The van der Waals surface area contributed by atoms with Gasteiger partial charge in [-0.15, -0.1) is 10.2 Å². The Labute approximate surface area is 196 Å². The highest BCUT2D eigenvalue weighted by Gasteiger charge is 2.33. The molecule has 2 fully saturated rings. The third-order valence-corrected chi connectivity index (χ3v) is 6.81.